The van der Waals surface area contributed by atoms with Crippen molar-refractivity contribution >= 4 is 5.91 Å². The molecule has 0 spiro atoms. The van der Waals surface area contributed by atoms with E-state index in [4.69, 9.17) is 0 Å². The molecular weight excluding hydrogens is 300 g/mol. The van der Waals surface area contributed by atoms with Gasteiger partial charge in [0.1, 0.15) is 5.82 Å². The molecule has 1 amide bonds. The molecule has 1 aliphatic rings. The second kappa shape index (κ2) is 8.11. The maximum absolute atomic E-state index is 12.5. The number of aromatic nitrogens is 2. The highest BCUT2D eigenvalue weighted by Gasteiger charge is 2.16. The SMILES string of the molecule is CCCn1ccnc1CNC(=O)c1cccc(C2CCCNC2)c1. The number of rotatable bonds is 6. The van der Waals surface area contributed by atoms with Crippen LogP contribution >= 0.6 is 0 Å². The Morgan fingerprint density at radius 2 is 2.38 bits per heavy atom. The summed E-state index contributed by atoms with van der Waals surface area (Å²) in [6.07, 6.45) is 7.18. The minimum Gasteiger partial charge on any atom is -0.345 e. The van der Waals surface area contributed by atoms with E-state index in [0.717, 1.165) is 37.4 Å². The fourth-order valence-corrected chi connectivity index (χ4v) is 3.28. The number of nitrogens with one attached hydrogen (secondary N) is 2. The molecule has 1 saturated heterocycles. The van der Waals surface area contributed by atoms with Gasteiger partial charge in [0.25, 0.3) is 5.91 Å². The van der Waals surface area contributed by atoms with Crippen LogP contribution in [0.25, 0.3) is 0 Å². The number of carbonyl (C=O) groups is 1. The molecule has 2 N–H and O–H groups in total. The summed E-state index contributed by atoms with van der Waals surface area (Å²) in [5.74, 6) is 1.37. The fourth-order valence-electron chi connectivity index (χ4n) is 3.28. The van der Waals surface area contributed by atoms with Crippen molar-refractivity contribution in [2.75, 3.05) is 13.1 Å². The van der Waals surface area contributed by atoms with E-state index in [2.05, 4.69) is 33.2 Å². The Kier molecular flexibility index (Phi) is 5.64. The van der Waals surface area contributed by atoms with Gasteiger partial charge in [0.15, 0.2) is 0 Å². The van der Waals surface area contributed by atoms with Crippen LogP contribution in [0.1, 0.15) is 53.8 Å². The number of piperidine rings is 1. The molecule has 2 heterocycles. The van der Waals surface area contributed by atoms with Gasteiger partial charge in [0, 0.05) is 31.0 Å². The third kappa shape index (κ3) is 4.03. The second-order valence-electron chi connectivity index (χ2n) is 6.39. The van der Waals surface area contributed by atoms with Crippen LogP contribution in [0.3, 0.4) is 0 Å². The predicted molar refractivity (Wildman–Crippen MR) is 95.0 cm³/mol. The smallest absolute Gasteiger partial charge is 0.251 e. The Morgan fingerprint density at radius 3 is 3.17 bits per heavy atom. The molecule has 1 fully saturated rings. The Bertz CT molecular complexity index is 674. The van der Waals surface area contributed by atoms with Crippen molar-refractivity contribution in [1.82, 2.24) is 20.2 Å². The molecule has 0 aliphatic carbocycles. The second-order valence-corrected chi connectivity index (χ2v) is 6.39. The zero-order valence-electron chi connectivity index (χ0n) is 14.3. The number of hydrogen-bond donors (Lipinski definition) is 2. The van der Waals surface area contributed by atoms with Gasteiger partial charge < -0.3 is 15.2 Å². The average molecular weight is 326 g/mol. The van der Waals surface area contributed by atoms with Gasteiger partial charge in [-0.25, -0.2) is 4.98 Å². The Hall–Kier alpha value is -2.14. The van der Waals surface area contributed by atoms with E-state index in [1.807, 2.05) is 24.4 Å². The van der Waals surface area contributed by atoms with Gasteiger partial charge in [-0.05, 0) is 49.4 Å². The van der Waals surface area contributed by atoms with Gasteiger partial charge in [-0.15, -0.1) is 0 Å². The molecule has 1 aromatic heterocycles. The standard InChI is InChI=1S/C19H26N4O/c1-2-10-23-11-9-21-18(23)14-22-19(24)16-6-3-5-15(12-16)17-7-4-8-20-13-17/h3,5-6,9,11-12,17,20H,2,4,7-8,10,13-14H2,1H3,(H,22,24). The lowest BCUT2D eigenvalue weighted by atomic mass is 9.90. The van der Waals surface area contributed by atoms with Gasteiger partial charge in [-0.1, -0.05) is 19.1 Å². The van der Waals surface area contributed by atoms with E-state index in [1.165, 1.54) is 18.4 Å². The van der Waals surface area contributed by atoms with Crippen LogP contribution in [-0.2, 0) is 13.1 Å². The van der Waals surface area contributed by atoms with E-state index in [0.29, 0.717) is 12.5 Å². The van der Waals surface area contributed by atoms with Gasteiger partial charge >= 0.3 is 0 Å². The normalized spacial score (nSPS) is 17.6. The third-order valence-corrected chi connectivity index (χ3v) is 4.59. The summed E-state index contributed by atoms with van der Waals surface area (Å²) in [6, 6.07) is 8.03. The highest BCUT2D eigenvalue weighted by molar-refractivity contribution is 5.94. The molecule has 5 nitrogen and oxygen atoms in total. The maximum Gasteiger partial charge on any atom is 0.251 e. The number of amides is 1. The minimum absolute atomic E-state index is 0.0355. The van der Waals surface area contributed by atoms with Gasteiger partial charge in [-0.3, -0.25) is 4.79 Å². The van der Waals surface area contributed by atoms with Crippen LogP contribution in [0, 0.1) is 0 Å². The molecule has 1 aromatic carbocycles. The van der Waals surface area contributed by atoms with Crippen molar-refractivity contribution in [2.45, 2.75) is 45.2 Å². The highest BCUT2D eigenvalue weighted by atomic mass is 16.1. The molecule has 128 valence electrons. The maximum atomic E-state index is 12.5. The lowest BCUT2D eigenvalue weighted by molar-refractivity contribution is 0.0949. The van der Waals surface area contributed by atoms with Crippen molar-refractivity contribution in [3.8, 4) is 0 Å². The van der Waals surface area contributed by atoms with Crippen molar-refractivity contribution in [3.05, 3.63) is 53.6 Å². The first-order chi connectivity index (χ1) is 11.8. The lowest BCUT2D eigenvalue weighted by Crippen LogP contribution is -2.29. The molecule has 1 aliphatic heterocycles. The van der Waals surface area contributed by atoms with Crippen molar-refractivity contribution < 1.29 is 4.79 Å². The number of nitrogens with zero attached hydrogens (tertiary/aromatic N) is 2. The number of hydrogen-bond acceptors (Lipinski definition) is 3. The molecule has 2 aromatic rings. The largest absolute Gasteiger partial charge is 0.345 e. The Morgan fingerprint density at radius 1 is 1.46 bits per heavy atom. The van der Waals surface area contributed by atoms with Crippen LogP contribution in [0.15, 0.2) is 36.7 Å². The zero-order chi connectivity index (χ0) is 16.8. The van der Waals surface area contributed by atoms with Gasteiger partial charge in [0.2, 0.25) is 0 Å². The van der Waals surface area contributed by atoms with Gasteiger partial charge in [-0.2, -0.15) is 0 Å². The number of benzene rings is 1. The molecule has 5 heteroatoms. The van der Waals surface area contributed by atoms with Crippen LogP contribution in [0.2, 0.25) is 0 Å². The average Bonchev–Trinajstić information content (AvgIpc) is 3.08. The summed E-state index contributed by atoms with van der Waals surface area (Å²) >= 11 is 0. The molecule has 1 unspecified atom stereocenters. The fraction of sp³-hybridized carbons (Fsp3) is 0.474. The van der Waals surface area contributed by atoms with Crippen molar-refractivity contribution in [2.24, 2.45) is 0 Å². The highest BCUT2D eigenvalue weighted by Crippen LogP contribution is 2.23. The molecule has 0 saturated carbocycles. The first-order valence-corrected chi connectivity index (χ1v) is 8.87. The predicted octanol–water partition coefficient (Wildman–Crippen LogP) is 2.69. The summed E-state index contributed by atoms with van der Waals surface area (Å²) in [7, 11) is 0. The summed E-state index contributed by atoms with van der Waals surface area (Å²) in [5, 5.41) is 6.42. The molecular formula is C19H26N4O. The van der Waals surface area contributed by atoms with E-state index in [-0.39, 0.29) is 5.91 Å². The number of imidazole rings is 1. The number of aryl methyl sites for hydroxylation is 1. The Labute approximate surface area is 143 Å². The first-order valence-electron chi connectivity index (χ1n) is 8.87. The van der Waals surface area contributed by atoms with E-state index >= 15 is 0 Å². The van der Waals surface area contributed by atoms with E-state index in [1.54, 1.807) is 6.20 Å². The van der Waals surface area contributed by atoms with Crippen molar-refractivity contribution in [3.63, 3.8) is 0 Å². The topological polar surface area (TPSA) is 59.0 Å². The van der Waals surface area contributed by atoms with Crippen molar-refractivity contribution in [1.29, 1.82) is 0 Å². The first kappa shape index (κ1) is 16.7. The zero-order valence-corrected chi connectivity index (χ0v) is 14.3. The minimum atomic E-state index is -0.0355. The third-order valence-electron chi connectivity index (χ3n) is 4.59. The van der Waals surface area contributed by atoms with Crippen LogP contribution in [-0.4, -0.2) is 28.5 Å². The van der Waals surface area contributed by atoms with E-state index in [9.17, 15) is 4.79 Å². The molecule has 3 rings (SSSR count). The summed E-state index contributed by atoms with van der Waals surface area (Å²) < 4.78 is 2.09. The lowest BCUT2D eigenvalue weighted by Gasteiger charge is -2.23. The van der Waals surface area contributed by atoms with Crippen LogP contribution in [0.4, 0.5) is 0 Å². The monoisotopic (exact) mass is 326 g/mol. The summed E-state index contributed by atoms with van der Waals surface area (Å²) in [4.78, 5) is 16.8. The quantitative estimate of drug-likeness (QED) is 0.858. The molecule has 1 atom stereocenters. The summed E-state index contributed by atoms with van der Waals surface area (Å²) in [6.45, 7) is 5.62. The molecule has 24 heavy (non-hydrogen) atoms. The van der Waals surface area contributed by atoms with Gasteiger partial charge in [0.05, 0.1) is 6.54 Å². The number of carbonyl (C=O) groups excluding carboxylic acids is 1. The van der Waals surface area contributed by atoms with Crippen LogP contribution < -0.4 is 10.6 Å². The molecule has 0 bridgehead atoms. The van der Waals surface area contributed by atoms with E-state index < -0.39 is 0 Å². The molecule has 0 radical (unpaired) electrons. The summed E-state index contributed by atoms with van der Waals surface area (Å²) in [5.41, 5.74) is 1.98. The Balaban J connectivity index is 1.63. The van der Waals surface area contributed by atoms with Crippen LogP contribution in [0.5, 0.6) is 0 Å².